The van der Waals surface area contributed by atoms with Gasteiger partial charge in [0.05, 0.1) is 6.54 Å². The lowest BCUT2D eigenvalue weighted by molar-refractivity contribution is 0.576. The first-order chi connectivity index (χ1) is 15.1. The number of rotatable bonds is 6. The molecule has 32 heavy (non-hydrogen) atoms. The topological polar surface area (TPSA) is 70.4 Å². The maximum absolute atomic E-state index is 14.1. The fourth-order valence-electron chi connectivity index (χ4n) is 3.64. The Labute approximate surface area is 203 Å². The van der Waals surface area contributed by atoms with E-state index in [1.165, 1.54) is 18.2 Å². The number of benzene rings is 1. The van der Waals surface area contributed by atoms with Crippen LogP contribution in [0.3, 0.4) is 0 Å². The minimum atomic E-state index is -0.535. The van der Waals surface area contributed by atoms with Crippen molar-refractivity contribution in [3.63, 3.8) is 0 Å². The molecule has 0 aliphatic carbocycles. The molecule has 1 fully saturated rings. The predicted octanol–water partition coefficient (Wildman–Crippen LogP) is 3.50. The van der Waals surface area contributed by atoms with Gasteiger partial charge in [0.25, 0.3) is 0 Å². The van der Waals surface area contributed by atoms with E-state index in [0.717, 1.165) is 17.8 Å². The Morgan fingerprint density at radius 2 is 2.00 bits per heavy atom. The molecule has 0 bridgehead atoms. The van der Waals surface area contributed by atoms with Gasteiger partial charge in [-0.1, -0.05) is 6.07 Å². The van der Waals surface area contributed by atoms with E-state index in [9.17, 15) is 8.78 Å². The number of anilines is 1. The molecule has 1 saturated heterocycles. The number of para-hydroxylation sites is 1. The van der Waals surface area contributed by atoms with Gasteiger partial charge in [0.15, 0.2) is 11.8 Å². The summed E-state index contributed by atoms with van der Waals surface area (Å²) in [5, 5.41) is 10.8. The van der Waals surface area contributed by atoms with Gasteiger partial charge in [-0.3, -0.25) is 0 Å². The van der Waals surface area contributed by atoms with Crippen LogP contribution in [0.15, 0.2) is 60.0 Å². The third kappa shape index (κ3) is 5.72. The molecule has 0 saturated carbocycles. The molecule has 1 aromatic carbocycles. The lowest BCUT2D eigenvalue weighted by Crippen LogP contribution is -2.44. The molecule has 2 aromatic heterocycles. The van der Waals surface area contributed by atoms with E-state index in [4.69, 9.17) is 0 Å². The van der Waals surface area contributed by atoms with Crippen molar-refractivity contribution in [2.45, 2.75) is 25.9 Å². The molecule has 1 aliphatic heterocycles. The largest absolute Gasteiger partial charge is 0.365 e. The average Bonchev–Trinajstić information content (AvgIpc) is 3.45. The molecule has 2 N–H and O–H groups in total. The maximum atomic E-state index is 14.1. The summed E-state index contributed by atoms with van der Waals surface area (Å²) in [6.07, 6.45) is 6.04. The van der Waals surface area contributed by atoms with Crippen LogP contribution < -0.4 is 15.5 Å². The van der Waals surface area contributed by atoms with Gasteiger partial charge in [0.2, 0.25) is 0 Å². The molecule has 1 unspecified atom stereocenters. The fourth-order valence-corrected chi connectivity index (χ4v) is 3.64. The van der Waals surface area contributed by atoms with Gasteiger partial charge in [-0.05, 0) is 49.2 Å². The molecule has 4 rings (SSSR count). The van der Waals surface area contributed by atoms with Gasteiger partial charge in [-0.2, -0.15) is 5.10 Å². The maximum Gasteiger partial charge on any atom is 0.191 e. The Balaban J connectivity index is 0.00000289. The van der Waals surface area contributed by atoms with E-state index >= 15 is 0 Å². The monoisotopic (exact) mass is 553 g/mol. The molecule has 1 atom stereocenters. The number of pyridine rings is 1. The van der Waals surface area contributed by atoms with Crippen molar-refractivity contribution in [2.24, 2.45) is 4.99 Å². The molecule has 170 valence electrons. The number of hydrogen-bond acceptors (Lipinski definition) is 4. The van der Waals surface area contributed by atoms with Crippen LogP contribution in [0.25, 0.3) is 5.82 Å². The van der Waals surface area contributed by atoms with Crippen LogP contribution in [0.5, 0.6) is 0 Å². The zero-order chi connectivity index (χ0) is 21.6. The summed E-state index contributed by atoms with van der Waals surface area (Å²) < 4.78 is 29.9. The van der Waals surface area contributed by atoms with Gasteiger partial charge in [-0.15, -0.1) is 24.0 Å². The second-order valence-corrected chi connectivity index (χ2v) is 7.31. The van der Waals surface area contributed by atoms with Gasteiger partial charge < -0.3 is 15.5 Å². The minimum absolute atomic E-state index is 0. The van der Waals surface area contributed by atoms with E-state index in [0.29, 0.717) is 32.1 Å². The molecular weight excluding hydrogens is 527 g/mol. The highest BCUT2D eigenvalue weighted by Gasteiger charge is 2.27. The summed E-state index contributed by atoms with van der Waals surface area (Å²) in [6, 6.07) is 9.70. The molecular formula is C22H26F2IN7. The van der Waals surface area contributed by atoms with Crippen molar-refractivity contribution in [1.82, 2.24) is 25.4 Å². The van der Waals surface area contributed by atoms with E-state index < -0.39 is 11.6 Å². The molecule has 7 nitrogen and oxygen atoms in total. The van der Waals surface area contributed by atoms with Crippen LogP contribution in [0.4, 0.5) is 14.5 Å². The fraction of sp³-hybridized carbons (Fsp3) is 0.318. The Morgan fingerprint density at radius 3 is 2.72 bits per heavy atom. The molecule has 3 aromatic rings. The van der Waals surface area contributed by atoms with Crippen molar-refractivity contribution >= 4 is 35.6 Å². The SMILES string of the molecule is CCNC(=NCc1ccnc(-n2cccn2)c1)NC1CCN(c2c(F)cccc2F)C1.I. The highest BCUT2D eigenvalue weighted by molar-refractivity contribution is 14.0. The number of nitrogens with one attached hydrogen (secondary N) is 2. The number of hydrogen-bond donors (Lipinski definition) is 2. The van der Waals surface area contributed by atoms with Crippen LogP contribution >= 0.6 is 24.0 Å². The second-order valence-electron chi connectivity index (χ2n) is 7.31. The first-order valence-corrected chi connectivity index (χ1v) is 10.3. The number of aliphatic imine (C=N–C) groups is 1. The summed E-state index contributed by atoms with van der Waals surface area (Å²) in [6.45, 7) is 4.24. The van der Waals surface area contributed by atoms with Crippen molar-refractivity contribution in [1.29, 1.82) is 0 Å². The van der Waals surface area contributed by atoms with Crippen LogP contribution in [0.1, 0.15) is 18.9 Å². The normalized spacial score (nSPS) is 16.0. The first kappa shape index (κ1) is 23.9. The molecule has 0 amide bonds. The number of halogens is 3. The smallest absolute Gasteiger partial charge is 0.191 e. The van der Waals surface area contributed by atoms with Crippen LogP contribution in [-0.4, -0.2) is 46.4 Å². The quantitative estimate of drug-likeness (QED) is 0.278. The van der Waals surface area contributed by atoms with Crippen molar-refractivity contribution < 1.29 is 8.78 Å². The summed E-state index contributed by atoms with van der Waals surface area (Å²) in [4.78, 5) is 10.7. The van der Waals surface area contributed by atoms with E-state index in [-0.39, 0.29) is 35.7 Å². The van der Waals surface area contributed by atoms with Crippen molar-refractivity contribution in [3.8, 4) is 5.82 Å². The standard InChI is InChI=1S/C22H25F2N7.HI/c1-2-25-22(27-14-16-7-10-26-20(13-16)31-11-4-9-28-31)29-17-8-12-30(15-17)21-18(23)5-3-6-19(21)24;/h3-7,9-11,13,17H,2,8,12,14-15H2,1H3,(H2,25,27,29);1H. The molecule has 0 spiro atoms. The molecule has 0 radical (unpaired) electrons. The average molecular weight is 553 g/mol. The summed E-state index contributed by atoms with van der Waals surface area (Å²) in [5.41, 5.74) is 1.04. The van der Waals surface area contributed by atoms with Crippen LogP contribution in [-0.2, 0) is 6.54 Å². The molecule has 3 heterocycles. The van der Waals surface area contributed by atoms with Crippen LogP contribution in [0, 0.1) is 11.6 Å². The highest BCUT2D eigenvalue weighted by atomic mass is 127. The third-order valence-electron chi connectivity index (χ3n) is 5.10. The number of guanidine groups is 1. The zero-order valence-electron chi connectivity index (χ0n) is 17.7. The Morgan fingerprint density at radius 1 is 1.19 bits per heavy atom. The first-order valence-electron chi connectivity index (χ1n) is 10.3. The predicted molar refractivity (Wildman–Crippen MR) is 132 cm³/mol. The minimum Gasteiger partial charge on any atom is -0.365 e. The number of aromatic nitrogens is 3. The van der Waals surface area contributed by atoms with Gasteiger partial charge >= 0.3 is 0 Å². The lowest BCUT2D eigenvalue weighted by Gasteiger charge is -2.21. The Hall–Kier alpha value is -2.76. The van der Waals surface area contributed by atoms with Crippen LogP contribution in [0.2, 0.25) is 0 Å². The van der Waals surface area contributed by atoms with E-state index in [1.54, 1.807) is 22.0 Å². The third-order valence-corrected chi connectivity index (χ3v) is 5.10. The van der Waals surface area contributed by atoms with E-state index in [2.05, 4.69) is 25.7 Å². The van der Waals surface area contributed by atoms with Crippen molar-refractivity contribution in [3.05, 3.63) is 72.2 Å². The highest BCUT2D eigenvalue weighted by Crippen LogP contribution is 2.26. The van der Waals surface area contributed by atoms with Gasteiger partial charge in [-0.25, -0.2) is 23.4 Å². The van der Waals surface area contributed by atoms with Gasteiger partial charge in [0, 0.05) is 44.3 Å². The number of nitrogens with zero attached hydrogens (tertiary/aromatic N) is 5. The molecule has 1 aliphatic rings. The Bertz CT molecular complexity index is 1020. The van der Waals surface area contributed by atoms with E-state index in [1.807, 2.05) is 31.3 Å². The summed E-state index contributed by atoms with van der Waals surface area (Å²) in [5.74, 6) is 0.327. The second kappa shape index (κ2) is 11.2. The Kier molecular flexibility index (Phi) is 8.37. The summed E-state index contributed by atoms with van der Waals surface area (Å²) >= 11 is 0. The zero-order valence-corrected chi connectivity index (χ0v) is 20.0. The van der Waals surface area contributed by atoms with Gasteiger partial charge in [0.1, 0.15) is 17.3 Å². The molecule has 10 heteroatoms. The lowest BCUT2D eigenvalue weighted by atomic mass is 10.2. The van der Waals surface area contributed by atoms with Crippen molar-refractivity contribution in [2.75, 3.05) is 24.5 Å². The summed E-state index contributed by atoms with van der Waals surface area (Å²) in [7, 11) is 0.